The van der Waals surface area contributed by atoms with Crippen molar-refractivity contribution in [2.75, 3.05) is 30.3 Å². The van der Waals surface area contributed by atoms with Crippen LogP contribution >= 0.6 is 0 Å². The lowest BCUT2D eigenvalue weighted by atomic mass is 10.1. The van der Waals surface area contributed by atoms with Gasteiger partial charge in [-0.1, -0.05) is 24.3 Å². The van der Waals surface area contributed by atoms with Gasteiger partial charge in [0.1, 0.15) is 0 Å². The summed E-state index contributed by atoms with van der Waals surface area (Å²) in [6.07, 6.45) is 2.12. The maximum Gasteiger partial charge on any atom is 0.251 e. The molecule has 0 saturated carbocycles. The second kappa shape index (κ2) is 9.37. The van der Waals surface area contributed by atoms with Gasteiger partial charge in [0, 0.05) is 30.1 Å². The zero-order chi connectivity index (χ0) is 19.9. The van der Waals surface area contributed by atoms with Crippen LogP contribution in [0.3, 0.4) is 0 Å². The molecular weight excluding hydrogens is 354 g/mol. The molecule has 1 saturated heterocycles. The van der Waals surface area contributed by atoms with Crippen LogP contribution in [-0.4, -0.2) is 37.6 Å². The summed E-state index contributed by atoms with van der Waals surface area (Å²) in [7, 11) is 0. The van der Waals surface area contributed by atoms with Crippen LogP contribution in [0.5, 0.6) is 0 Å². The number of hydrogen-bond donors (Lipinski definition) is 3. The monoisotopic (exact) mass is 381 g/mol. The van der Waals surface area contributed by atoms with Crippen LogP contribution < -0.4 is 16.0 Å². The van der Waals surface area contributed by atoms with Crippen molar-refractivity contribution < 1.29 is 14.3 Å². The van der Waals surface area contributed by atoms with Gasteiger partial charge < -0.3 is 20.7 Å². The Hall–Kier alpha value is -2.86. The molecule has 0 bridgehead atoms. The molecule has 1 unspecified atom stereocenters. The molecule has 0 aliphatic carbocycles. The number of carbonyl (C=O) groups is 2. The highest BCUT2D eigenvalue weighted by Crippen LogP contribution is 2.19. The molecule has 2 aromatic carbocycles. The number of hydrogen-bond acceptors (Lipinski definition) is 4. The fourth-order valence-electron chi connectivity index (χ4n) is 3.32. The Kier molecular flexibility index (Phi) is 6.66. The fraction of sp³-hybridized carbons (Fsp3) is 0.364. The van der Waals surface area contributed by atoms with Crippen molar-refractivity contribution in [3.63, 3.8) is 0 Å². The Balaban J connectivity index is 1.53. The van der Waals surface area contributed by atoms with Gasteiger partial charge in [-0.15, -0.1) is 0 Å². The fourth-order valence-corrected chi connectivity index (χ4v) is 3.32. The lowest BCUT2D eigenvalue weighted by Gasteiger charge is -2.13. The van der Waals surface area contributed by atoms with E-state index in [4.69, 9.17) is 4.74 Å². The van der Waals surface area contributed by atoms with E-state index in [0.29, 0.717) is 17.8 Å². The van der Waals surface area contributed by atoms with Crippen LogP contribution in [-0.2, 0) is 9.53 Å². The molecule has 28 heavy (non-hydrogen) atoms. The van der Waals surface area contributed by atoms with E-state index in [-0.39, 0.29) is 24.5 Å². The molecule has 1 heterocycles. The van der Waals surface area contributed by atoms with Gasteiger partial charge in [0.15, 0.2) is 0 Å². The number of benzene rings is 2. The van der Waals surface area contributed by atoms with Crippen LogP contribution in [0.1, 0.15) is 34.3 Å². The van der Waals surface area contributed by atoms with E-state index >= 15 is 0 Å². The minimum absolute atomic E-state index is 0.0998. The Bertz CT molecular complexity index is 824. The molecular formula is C22H27N3O3. The summed E-state index contributed by atoms with van der Waals surface area (Å²) in [5.74, 6) is -0.333. The van der Waals surface area contributed by atoms with Crippen molar-refractivity contribution in [2.24, 2.45) is 0 Å². The first-order valence-electron chi connectivity index (χ1n) is 9.63. The van der Waals surface area contributed by atoms with Gasteiger partial charge >= 0.3 is 0 Å². The minimum Gasteiger partial charge on any atom is -0.376 e. The third-order valence-electron chi connectivity index (χ3n) is 4.83. The van der Waals surface area contributed by atoms with Crippen LogP contribution in [0, 0.1) is 13.8 Å². The number of carbonyl (C=O) groups excluding carboxylic acids is 2. The van der Waals surface area contributed by atoms with E-state index < -0.39 is 0 Å². The number of anilines is 2. The summed E-state index contributed by atoms with van der Waals surface area (Å²) >= 11 is 0. The van der Waals surface area contributed by atoms with Gasteiger partial charge in [0.2, 0.25) is 5.91 Å². The second-order valence-electron chi connectivity index (χ2n) is 7.09. The van der Waals surface area contributed by atoms with Gasteiger partial charge in [-0.05, 0) is 56.0 Å². The quantitative estimate of drug-likeness (QED) is 0.688. The predicted molar refractivity (Wildman–Crippen MR) is 111 cm³/mol. The summed E-state index contributed by atoms with van der Waals surface area (Å²) in [6, 6.07) is 12.9. The van der Waals surface area contributed by atoms with Crippen LogP contribution in [0.25, 0.3) is 0 Å². The van der Waals surface area contributed by atoms with E-state index in [9.17, 15) is 9.59 Å². The van der Waals surface area contributed by atoms with E-state index in [0.717, 1.165) is 36.3 Å². The lowest BCUT2D eigenvalue weighted by Crippen LogP contribution is -2.31. The largest absolute Gasteiger partial charge is 0.376 e. The normalized spacial score (nSPS) is 15.9. The average molecular weight is 381 g/mol. The van der Waals surface area contributed by atoms with E-state index in [1.807, 2.05) is 32.0 Å². The van der Waals surface area contributed by atoms with Crippen LogP contribution in [0.4, 0.5) is 11.4 Å². The minimum atomic E-state index is -0.167. The number of ether oxygens (including phenoxy) is 1. The first kappa shape index (κ1) is 19.9. The van der Waals surface area contributed by atoms with Gasteiger partial charge in [0.25, 0.3) is 5.91 Å². The SMILES string of the molecule is Cc1cccc(C)c1NCC(=O)Nc1cccc(C(=O)NCC2CCCO2)c1. The molecule has 1 atom stereocenters. The summed E-state index contributed by atoms with van der Waals surface area (Å²) in [6.45, 7) is 5.44. The number of aryl methyl sites for hydroxylation is 2. The number of amides is 2. The molecule has 6 heteroatoms. The highest BCUT2D eigenvalue weighted by atomic mass is 16.5. The van der Waals surface area contributed by atoms with Crippen molar-refractivity contribution in [2.45, 2.75) is 32.8 Å². The first-order chi connectivity index (χ1) is 13.5. The van der Waals surface area contributed by atoms with E-state index in [1.54, 1.807) is 24.3 Å². The zero-order valence-electron chi connectivity index (χ0n) is 16.4. The third-order valence-corrected chi connectivity index (χ3v) is 4.83. The summed E-state index contributed by atoms with van der Waals surface area (Å²) in [5.41, 5.74) is 4.27. The Morgan fingerprint density at radius 3 is 2.57 bits per heavy atom. The molecule has 1 aliphatic rings. The molecule has 2 amide bonds. The zero-order valence-corrected chi connectivity index (χ0v) is 16.4. The van der Waals surface area contributed by atoms with E-state index in [2.05, 4.69) is 16.0 Å². The molecule has 1 fully saturated rings. The summed E-state index contributed by atoms with van der Waals surface area (Å²) < 4.78 is 5.52. The molecule has 1 aliphatic heterocycles. The molecule has 148 valence electrons. The lowest BCUT2D eigenvalue weighted by molar-refractivity contribution is -0.114. The Morgan fingerprint density at radius 1 is 1.11 bits per heavy atom. The van der Waals surface area contributed by atoms with Crippen molar-refractivity contribution >= 4 is 23.2 Å². The second-order valence-corrected chi connectivity index (χ2v) is 7.09. The smallest absolute Gasteiger partial charge is 0.251 e. The summed E-state index contributed by atoms with van der Waals surface area (Å²) in [4.78, 5) is 24.6. The molecule has 0 aromatic heterocycles. The van der Waals surface area contributed by atoms with Crippen molar-refractivity contribution in [3.8, 4) is 0 Å². The topological polar surface area (TPSA) is 79.5 Å². The van der Waals surface area contributed by atoms with Gasteiger partial charge in [0.05, 0.1) is 12.6 Å². The Morgan fingerprint density at radius 2 is 1.86 bits per heavy atom. The van der Waals surface area contributed by atoms with E-state index in [1.165, 1.54) is 0 Å². The average Bonchev–Trinajstić information content (AvgIpc) is 3.19. The predicted octanol–water partition coefficient (Wildman–Crippen LogP) is 3.26. The number of rotatable bonds is 7. The standard InChI is InChI=1S/C22H27N3O3/c1-15-6-3-7-16(2)21(15)23-14-20(26)25-18-9-4-8-17(12-18)22(27)24-13-19-10-5-11-28-19/h3-4,6-9,12,19,23H,5,10-11,13-14H2,1-2H3,(H,24,27)(H,25,26). The van der Waals surface area contributed by atoms with Crippen LogP contribution in [0.2, 0.25) is 0 Å². The van der Waals surface area contributed by atoms with Crippen molar-refractivity contribution in [1.29, 1.82) is 0 Å². The molecule has 0 radical (unpaired) electrons. The van der Waals surface area contributed by atoms with Crippen molar-refractivity contribution in [3.05, 3.63) is 59.2 Å². The summed E-state index contributed by atoms with van der Waals surface area (Å²) in [5, 5.41) is 8.91. The maximum atomic E-state index is 12.3. The third kappa shape index (κ3) is 5.33. The Labute approximate surface area is 165 Å². The maximum absolute atomic E-state index is 12.3. The molecule has 3 rings (SSSR count). The molecule has 3 N–H and O–H groups in total. The van der Waals surface area contributed by atoms with Gasteiger partial charge in [-0.25, -0.2) is 0 Å². The first-order valence-corrected chi connectivity index (χ1v) is 9.63. The molecule has 6 nitrogen and oxygen atoms in total. The molecule has 2 aromatic rings. The highest BCUT2D eigenvalue weighted by Gasteiger charge is 2.17. The number of para-hydroxylation sites is 1. The number of nitrogens with one attached hydrogen (secondary N) is 3. The van der Waals surface area contributed by atoms with Gasteiger partial charge in [-0.2, -0.15) is 0 Å². The van der Waals surface area contributed by atoms with Crippen LogP contribution in [0.15, 0.2) is 42.5 Å². The van der Waals surface area contributed by atoms with Crippen molar-refractivity contribution in [1.82, 2.24) is 5.32 Å². The highest BCUT2D eigenvalue weighted by molar-refractivity contribution is 5.98. The van der Waals surface area contributed by atoms with Gasteiger partial charge in [-0.3, -0.25) is 9.59 Å². The molecule has 0 spiro atoms.